The van der Waals surface area contributed by atoms with E-state index in [1.54, 1.807) is 6.07 Å². The van der Waals surface area contributed by atoms with Crippen LogP contribution in [0.1, 0.15) is 37.4 Å². The molecule has 0 amide bonds. The molecule has 1 fully saturated rings. The van der Waals surface area contributed by atoms with E-state index in [0.29, 0.717) is 18.3 Å². The fraction of sp³-hybridized carbons (Fsp3) is 0.636. The monoisotopic (exact) mass is 207 g/mol. The lowest BCUT2D eigenvalue weighted by molar-refractivity contribution is 0.0400. The van der Waals surface area contributed by atoms with E-state index in [1.165, 1.54) is 12.8 Å². The second kappa shape index (κ2) is 4.14. The van der Waals surface area contributed by atoms with Crippen LogP contribution in [0.4, 0.5) is 5.82 Å². The van der Waals surface area contributed by atoms with Gasteiger partial charge in [0.05, 0.1) is 0 Å². The molecule has 1 aromatic rings. The predicted octanol–water partition coefficient (Wildman–Crippen LogP) is 1.85. The quantitative estimate of drug-likeness (QED) is 0.818. The summed E-state index contributed by atoms with van der Waals surface area (Å²) in [5, 5.41) is 0. The number of aryl methyl sites for hydroxylation is 1. The molecule has 1 aliphatic rings. The van der Waals surface area contributed by atoms with Gasteiger partial charge in [0, 0.05) is 18.4 Å². The molecule has 0 aromatic carbocycles. The van der Waals surface area contributed by atoms with E-state index in [4.69, 9.17) is 10.5 Å². The number of nitrogens with zero attached hydrogens (tertiary/aromatic N) is 2. The number of anilines is 1. The van der Waals surface area contributed by atoms with Crippen LogP contribution in [0.3, 0.4) is 0 Å². The number of hydrogen-bond donors (Lipinski definition) is 1. The number of aromatic nitrogens is 2. The fourth-order valence-electron chi connectivity index (χ4n) is 1.74. The van der Waals surface area contributed by atoms with Crippen molar-refractivity contribution in [2.75, 3.05) is 12.3 Å². The normalized spacial score (nSPS) is 17.7. The topological polar surface area (TPSA) is 61.0 Å². The van der Waals surface area contributed by atoms with Crippen LogP contribution in [-0.2, 0) is 4.74 Å². The summed E-state index contributed by atoms with van der Waals surface area (Å²) >= 11 is 0. The molecule has 2 N–H and O–H groups in total. The molecular formula is C11H17N3O. The maximum atomic E-state index is 5.71. The third kappa shape index (κ3) is 2.45. The maximum absolute atomic E-state index is 5.71. The Morgan fingerprint density at radius 1 is 1.53 bits per heavy atom. The molecule has 1 aromatic heterocycles. The molecule has 4 heteroatoms. The number of nitrogen functional groups attached to an aromatic ring is 1. The maximum Gasteiger partial charge on any atom is 0.159 e. The molecule has 0 radical (unpaired) electrons. The van der Waals surface area contributed by atoms with Crippen molar-refractivity contribution in [3.8, 4) is 0 Å². The predicted molar refractivity (Wildman–Crippen MR) is 58.3 cm³/mol. The highest BCUT2D eigenvalue weighted by atomic mass is 16.5. The first-order chi connectivity index (χ1) is 7.20. The van der Waals surface area contributed by atoms with Crippen LogP contribution in [-0.4, -0.2) is 16.6 Å². The van der Waals surface area contributed by atoms with Gasteiger partial charge in [-0.15, -0.1) is 0 Å². The molecule has 2 rings (SSSR count). The van der Waals surface area contributed by atoms with Crippen LogP contribution in [0, 0.1) is 12.8 Å². The highest BCUT2D eigenvalue weighted by Crippen LogP contribution is 2.42. The van der Waals surface area contributed by atoms with E-state index < -0.39 is 0 Å². The Labute approximate surface area is 89.9 Å². The lowest BCUT2D eigenvalue weighted by atomic mass is 10.2. The average molecular weight is 207 g/mol. The first-order valence-electron chi connectivity index (χ1n) is 5.43. The Kier molecular flexibility index (Phi) is 2.86. The van der Waals surface area contributed by atoms with Crippen molar-refractivity contribution in [1.29, 1.82) is 0 Å². The average Bonchev–Trinajstić information content (AvgIpc) is 2.95. The van der Waals surface area contributed by atoms with Gasteiger partial charge in [-0.3, -0.25) is 0 Å². The summed E-state index contributed by atoms with van der Waals surface area (Å²) in [5.41, 5.74) is 6.61. The minimum atomic E-state index is 0.0391. The van der Waals surface area contributed by atoms with Gasteiger partial charge in [-0.2, -0.15) is 0 Å². The fourth-order valence-corrected chi connectivity index (χ4v) is 1.74. The Morgan fingerprint density at radius 2 is 2.27 bits per heavy atom. The molecule has 1 atom stereocenters. The summed E-state index contributed by atoms with van der Waals surface area (Å²) < 4.78 is 5.68. The Hall–Kier alpha value is -1.16. The van der Waals surface area contributed by atoms with Crippen molar-refractivity contribution >= 4 is 5.82 Å². The highest BCUT2D eigenvalue weighted by molar-refractivity contribution is 5.29. The number of hydrogen-bond acceptors (Lipinski definition) is 4. The summed E-state index contributed by atoms with van der Waals surface area (Å²) in [5.74, 6) is 1.87. The molecular weight excluding hydrogens is 190 g/mol. The summed E-state index contributed by atoms with van der Waals surface area (Å²) in [7, 11) is 0. The first kappa shape index (κ1) is 10.4. The van der Waals surface area contributed by atoms with Crippen LogP contribution >= 0.6 is 0 Å². The lowest BCUT2D eigenvalue weighted by Gasteiger charge is -2.15. The van der Waals surface area contributed by atoms with Gasteiger partial charge in [0.15, 0.2) is 5.82 Å². The van der Waals surface area contributed by atoms with Gasteiger partial charge in [0.1, 0.15) is 11.9 Å². The molecule has 1 aliphatic carbocycles. The van der Waals surface area contributed by atoms with Gasteiger partial charge in [0.25, 0.3) is 0 Å². The summed E-state index contributed by atoms with van der Waals surface area (Å²) in [6.45, 7) is 4.62. The van der Waals surface area contributed by atoms with Gasteiger partial charge >= 0.3 is 0 Å². The first-order valence-corrected chi connectivity index (χ1v) is 5.43. The second-order valence-corrected chi connectivity index (χ2v) is 4.01. The van der Waals surface area contributed by atoms with Crippen LogP contribution in [0.2, 0.25) is 0 Å². The van der Waals surface area contributed by atoms with Crippen molar-refractivity contribution in [3.63, 3.8) is 0 Å². The minimum absolute atomic E-state index is 0.0391. The smallest absolute Gasteiger partial charge is 0.159 e. The van der Waals surface area contributed by atoms with Crippen molar-refractivity contribution < 1.29 is 4.74 Å². The molecule has 0 aliphatic heterocycles. The summed E-state index contributed by atoms with van der Waals surface area (Å²) in [6, 6.07) is 1.78. The van der Waals surface area contributed by atoms with Crippen LogP contribution in [0.5, 0.6) is 0 Å². The molecule has 82 valence electrons. The zero-order chi connectivity index (χ0) is 10.8. The third-order valence-electron chi connectivity index (χ3n) is 2.54. The Morgan fingerprint density at radius 3 is 2.80 bits per heavy atom. The van der Waals surface area contributed by atoms with Gasteiger partial charge < -0.3 is 10.5 Å². The SMILES string of the molecule is CCOC(c1nc(C)cc(N)n1)C1CC1. The molecule has 1 unspecified atom stereocenters. The van der Waals surface area contributed by atoms with E-state index in [0.717, 1.165) is 11.5 Å². The summed E-state index contributed by atoms with van der Waals surface area (Å²) in [4.78, 5) is 8.65. The number of rotatable bonds is 4. The van der Waals surface area contributed by atoms with Gasteiger partial charge in [-0.05, 0) is 32.6 Å². The molecule has 15 heavy (non-hydrogen) atoms. The minimum Gasteiger partial charge on any atom is -0.384 e. The lowest BCUT2D eigenvalue weighted by Crippen LogP contribution is -2.12. The number of ether oxygens (including phenoxy) is 1. The standard InChI is InChI=1S/C11H17N3O/c1-3-15-10(8-4-5-8)11-13-7(2)6-9(12)14-11/h6,8,10H,3-5H2,1-2H3,(H2,12,13,14). The van der Waals surface area contributed by atoms with Crippen LogP contribution in [0.15, 0.2) is 6.07 Å². The van der Waals surface area contributed by atoms with E-state index in [-0.39, 0.29) is 6.10 Å². The largest absolute Gasteiger partial charge is 0.384 e. The van der Waals surface area contributed by atoms with E-state index >= 15 is 0 Å². The molecule has 0 bridgehead atoms. The van der Waals surface area contributed by atoms with Gasteiger partial charge in [-0.25, -0.2) is 9.97 Å². The van der Waals surface area contributed by atoms with Gasteiger partial charge in [-0.1, -0.05) is 0 Å². The molecule has 1 heterocycles. The summed E-state index contributed by atoms with van der Waals surface area (Å²) in [6.07, 6.45) is 2.46. The van der Waals surface area contributed by atoms with E-state index in [1.807, 2.05) is 13.8 Å². The highest BCUT2D eigenvalue weighted by Gasteiger charge is 2.34. The number of nitrogens with two attached hydrogens (primary N) is 1. The third-order valence-corrected chi connectivity index (χ3v) is 2.54. The van der Waals surface area contributed by atoms with Crippen molar-refractivity contribution in [1.82, 2.24) is 9.97 Å². The zero-order valence-corrected chi connectivity index (χ0v) is 9.23. The Bertz CT molecular complexity index is 329. The van der Waals surface area contributed by atoms with Crippen molar-refractivity contribution in [2.24, 2.45) is 5.92 Å². The molecule has 4 nitrogen and oxygen atoms in total. The van der Waals surface area contributed by atoms with Crippen LogP contribution in [0.25, 0.3) is 0 Å². The van der Waals surface area contributed by atoms with Gasteiger partial charge in [0.2, 0.25) is 0 Å². The van der Waals surface area contributed by atoms with E-state index in [2.05, 4.69) is 9.97 Å². The van der Waals surface area contributed by atoms with E-state index in [9.17, 15) is 0 Å². The van der Waals surface area contributed by atoms with Crippen molar-refractivity contribution in [3.05, 3.63) is 17.6 Å². The second-order valence-electron chi connectivity index (χ2n) is 4.01. The van der Waals surface area contributed by atoms with Crippen molar-refractivity contribution in [2.45, 2.75) is 32.8 Å². The zero-order valence-electron chi connectivity index (χ0n) is 9.23. The molecule has 0 saturated heterocycles. The molecule has 1 saturated carbocycles. The Balaban J connectivity index is 2.24. The van der Waals surface area contributed by atoms with Crippen LogP contribution < -0.4 is 5.73 Å². The molecule has 0 spiro atoms.